The van der Waals surface area contributed by atoms with Crippen molar-refractivity contribution >= 4 is 5.91 Å². The Morgan fingerprint density at radius 2 is 1.85 bits per heavy atom. The lowest BCUT2D eigenvalue weighted by Gasteiger charge is -2.26. The molecule has 5 rings (SSSR count). The summed E-state index contributed by atoms with van der Waals surface area (Å²) in [5.74, 6) is 1.81. The van der Waals surface area contributed by atoms with E-state index in [1.54, 1.807) is 35.4 Å². The molecule has 8 nitrogen and oxygen atoms in total. The van der Waals surface area contributed by atoms with Crippen LogP contribution < -0.4 is 9.47 Å². The summed E-state index contributed by atoms with van der Waals surface area (Å²) in [7, 11) is 0. The number of aromatic amines is 1. The number of hydrogen-bond donors (Lipinski definition) is 2. The van der Waals surface area contributed by atoms with Gasteiger partial charge in [0.1, 0.15) is 22.9 Å². The van der Waals surface area contributed by atoms with Gasteiger partial charge in [0.25, 0.3) is 5.91 Å². The third-order valence-corrected chi connectivity index (χ3v) is 5.81. The number of nitrogens with zero attached hydrogens (tertiary/aromatic N) is 2. The number of aromatic hydroxyl groups is 1. The SMILES string of the molecule is CCOc1ccc([C@H]2c3c(-c4ccccc4O)n[nH]c3C(=O)N2Cc2ccco2)cc1OCC. The molecule has 2 aromatic carbocycles. The summed E-state index contributed by atoms with van der Waals surface area (Å²) in [4.78, 5) is 15.2. The van der Waals surface area contributed by atoms with Crippen LogP contribution >= 0.6 is 0 Å². The van der Waals surface area contributed by atoms with Crippen LogP contribution in [0.3, 0.4) is 0 Å². The monoisotopic (exact) mass is 459 g/mol. The van der Waals surface area contributed by atoms with Crippen LogP contribution in [-0.2, 0) is 6.54 Å². The topological polar surface area (TPSA) is 101 Å². The first kappa shape index (κ1) is 21.6. The van der Waals surface area contributed by atoms with E-state index in [0.29, 0.717) is 53.0 Å². The Morgan fingerprint density at radius 3 is 2.59 bits per heavy atom. The molecule has 2 N–H and O–H groups in total. The third kappa shape index (κ3) is 3.67. The Balaban J connectivity index is 1.67. The normalized spacial score (nSPS) is 14.9. The van der Waals surface area contributed by atoms with Crippen molar-refractivity contribution < 1.29 is 23.8 Å². The van der Waals surface area contributed by atoms with E-state index < -0.39 is 6.04 Å². The smallest absolute Gasteiger partial charge is 0.273 e. The molecule has 1 amide bonds. The molecular weight excluding hydrogens is 434 g/mol. The van der Waals surface area contributed by atoms with E-state index in [0.717, 1.165) is 5.56 Å². The summed E-state index contributed by atoms with van der Waals surface area (Å²) in [6, 6.07) is 15.8. The number of carbonyl (C=O) groups is 1. The van der Waals surface area contributed by atoms with Gasteiger partial charge < -0.3 is 23.9 Å². The molecule has 0 fully saturated rings. The molecule has 34 heavy (non-hydrogen) atoms. The molecule has 0 radical (unpaired) electrons. The summed E-state index contributed by atoms with van der Waals surface area (Å²) in [5.41, 5.74) is 3.00. The summed E-state index contributed by atoms with van der Waals surface area (Å²) in [5, 5.41) is 17.8. The lowest BCUT2D eigenvalue weighted by atomic mass is 9.95. The number of furan rings is 1. The first-order chi connectivity index (χ1) is 16.6. The molecule has 4 aromatic rings. The van der Waals surface area contributed by atoms with E-state index in [1.165, 1.54) is 0 Å². The fourth-order valence-corrected chi connectivity index (χ4v) is 4.39. The van der Waals surface area contributed by atoms with Gasteiger partial charge in [-0.1, -0.05) is 18.2 Å². The molecule has 0 aliphatic carbocycles. The first-order valence-electron chi connectivity index (χ1n) is 11.2. The number of amides is 1. The molecule has 1 aliphatic heterocycles. The van der Waals surface area contributed by atoms with Gasteiger partial charge in [0.2, 0.25) is 0 Å². The number of hydrogen-bond acceptors (Lipinski definition) is 6. The summed E-state index contributed by atoms with van der Waals surface area (Å²) in [6.07, 6.45) is 1.59. The summed E-state index contributed by atoms with van der Waals surface area (Å²) >= 11 is 0. The standard InChI is InChI=1S/C26H25N3O5/c1-3-32-20-12-11-16(14-21(20)33-4-2)25-22-23(18-9-5-6-10-19(18)30)27-28-24(22)26(31)29(25)15-17-8-7-13-34-17/h5-14,25,30H,3-4,15H2,1-2H3,(H,27,28)/t25-/m0/s1. The van der Waals surface area contributed by atoms with E-state index >= 15 is 0 Å². The van der Waals surface area contributed by atoms with Gasteiger partial charge in [-0.2, -0.15) is 5.10 Å². The van der Waals surface area contributed by atoms with E-state index in [1.807, 2.05) is 44.2 Å². The molecule has 0 spiro atoms. The van der Waals surface area contributed by atoms with Crippen molar-refractivity contribution in [1.82, 2.24) is 15.1 Å². The van der Waals surface area contributed by atoms with Crippen LogP contribution in [-0.4, -0.2) is 39.3 Å². The highest BCUT2D eigenvalue weighted by Crippen LogP contribution is 2.46. The van der Waals surface area contributed by atoms with Crippen LogP contribution in [0.2, 0.25) is 0 Å². The maximum atomic E-state index is 13.5. The predicted octanol–water partition coefficient (Wildman–Crippen LogP) is 4.92. The molecule has 2 aromatic heterocycles. The van der Waals surface area contributed by atoms with E-state index in [9.17, 15) is 9.90 Å². The average molecular weight is 460 g/mol. The van der Waals surface area contributed by atoms with Gasteiger partial charge in [0.15, 0.2) is 11.5 Å². The van der Waals surface area contributed by atoms with Crippen molar-refractivity contribution in [2.24, 2.45) is 0 Å². The highest BCUT2D eigenvalue weighted by molar-refractivity contribution is 6.00. The van der Waals surface area contributed by atoms with Crippen LogP contribution in [0.15, 0.2) is 65.3 Å². The number of phenols is 1. The Bertz CT molecular complexity index is 1310. The number of rotatable bonds is 8. The van der Waals surface area contributed by atoms with Gasteiger partial charge in [-0.25, -0.2) is 0 Å². The van der Waals surface area contributed by atoms with Crippen LogP contribution in [0.4, 0.5) is 0 Å². The van der Waals surface area contributed by atoms with Crippen LogP contribution in [0.5, 0.6) is 17.2 Å². The maximum absolute atomic E-state index is 13.5. The van der Waals surface area contributed by atoms with Gasteiger partial charge in [-0.05, 0) is 55.8 Å². The number of ether oxygens (including phenoxy) is 2. The highest BCUT2D eigenvalue weighted by Gasteiger charge is 2.43. The second kappa shape index (κ2) is 8.97. The molecule has 0 bridgehead atoms. The van der Waals surface area contributed by atoms with Crippen LogP contribution in [0, 0.1) is 0 Å². The van der Waals surface area contributed by atoms with Crippen molar-refractivity contribution in [3.05, 3.63) is 83.4 Å². The zero-order valence-corrected chi connectivity index (χ0v) is 18.9. The van der Waals surface area contributed by atoms with Crippen LogP contribution in [0.25, 0.3) is 11.3 Å². The largest absolute Gasteiger partial charge is 0.507 e. The Hall–Kier alpha value is -4.20. The van der Waals surface area contributed by atoms with E-state index in [-0.39, 0.29) is 18.2 Å². The zero-order valence-electron chi connectivity index (χ0n) is 18.9. The van der Waals surface area contributed by atoms with Gasteiger partial charge in [0.05, 0.1) is 32.1 Å². The lowest BCUT2D eigenvalue weighted by molar-refractivity contribution is 0.0716. The number of H-pyrrole nitrogens is 1. The third-order valence-electron chi connectivity index (χ3n) is 5.81. The fourth-order valence-electron chi connectivity index (χ4n) is 4.39. The van der Waals surface area contributed by atoms with Crippen molar-refractivity contribution in [3.8, 4) is 28.5 Å². The number of carbonyl (C=O) groups excluding carboxylic acids is 1. The van der Waals surface area contributed by atoms with E-state index in [2.05, 4.69) is 10.2 Å². The van der Waals surface area contributed by atoms with Crippen molar-refractivity contribution in [2.45, 2.75) is 26.4 Å². The Morgan fingerprint density at radius 1 is 1.06 bits per heavy atom. The lowest BCUT2D eigenvalue weighted by Crippen LogP contribution is -2.29. The Labute approximate surface area is 196 Å². The molecule has 0 unspecified atom stereocenters. The highest BCUT2D eigenvalue weighted by atomic mass is 16.5. The second-order valence-corrected chi connectivity index (χ2v) is 7.87. The average Bonchev–Trinajstić information content (AvgIpc) is 3.56. The molecule has 1 atom stereocenters. The van der Waals surface area contributed by atoms with E-state index in [4.69, 9.17) is 13.9 Å². The summed E-state index contributed by atoms with van der Waals surface area (Å²) < 4.78 is 17.1. The number of nitrogens with one attached hydrogen (secondary N) is 1. The molecule has 8 heteroatoms. The summed E-state index contributed by atoms with van der Waals surface area (Å²) in [6.45, 7) is 5.09. The minimum absolute atomic E-state index is 0.0918. The molecule has 3 heterocycles. The van der Waals surface area contributed by atoms with Crippen molar-refractivity contribution in [3.63, 3.8) is 0 Å². The zero-order chi connectivity index (χ0) is 23.7. The number of fused-ring (bicyclic) bond motifs is 1. The van der Waals surface area contributed by atoms with Gasteiger partial charge in [-0.3, -0.25) is 9.89 Å². The molecule has 174 valence electrons. The quantitative estimate of drug-likeness (QED) is 0.388. The molecular formula is C26H25N3O5. The van der Waals surface area contributed by atoms with Gasteiger partial charge in [-0.15, -0.1) is 0 Å². The first-order valence-corrected chi connectivity index (χ1v) is 11.2. The number of aromatic nitrogens is 2. The van der Waals surface area contributed by atoms with Crippen LogP contribution in [0.1, 0.15) is 47.3 Å². The maximum Gasteiger partial charge on any atom is 0.273 e. The molecule has 0 saturated carbocycles. The Kier molecular flexibility index (Phi) is 5.71. The minimum atomic E-state index is -0.476. The molecule has 0 saturated heterocycles. The minimum Gasteiger partial charge on any atom is -0.507 e. The fraction of sp³-hybridized carbons (Fsp3) is 0.231. The molecule has 1 aliphatic rings. The predicted molar refractivity (Wildman–Crippen MR) is 125 cm³/mol. The second-order valence-electron chi connectivity index (χ2n) is 7.87. The number of phenolic OH excluding ortho intramolecular Hbond substituents is 1. The van der Waals surface area contributed by atoms with Gasteiger partial charge >= 0.3 is 0 Å². The van der Waals surface area contributed by atoms with Gasteiger partial charge in [0, 0.05) is 11.1 Å². The number of para-hydroxylation sites is 1. The van der Waals surface area contributed by atoms with Crippen molar-refractivity contribution in [2.75, 3.05) is 13.2 Å². The van der Waals surface area contributed by atoms with Crippen molar-refractivity contribution in [1.29, 1.82) is 0 Å². The number of benzene rings is 2.